The van der Waals surface area contributed by atoms with Crippen molar-refractivity contribution in [2.24, 2.45) is 23.2 Å². The van der Waals surface area contributed by atoms with Gasteiger partial charge in [0.15, 0.2) is 0 Å². The molecule has 0 aliphatic heterocycles. The Morgan fingerprint density at radius 2 is 1.41 bits per heavy atom. The first-order chi connectivity index (χ1) is 17.6. The zero-order valence-corrected chi connectivity index (χ0v) is 24.1. The van der Waals surface area contributed by atoms with Crippen molar-refractivity contribution in [1.82, 2.24) is 0 Å². The highest BCUT2D eigenvalue weighted by atomic mass is 14.9. The van der Waals surface area contributed by atoms with Gasteiger partial charge in [-0.15, -0.1) is 0 Å². The summed E-state index contributed by atoms with van der Waals surface area (Å²) in [4.78, 5) is 0. The molecule has 1 heteroatoms. The SMILES string of the molecule is CC1=C(c2ccccc2Nc2ccccc2C2(C)CC(C)CCC(C)C2)/C=C\C(C(C)(C)C)C=CC=C1. The van der Waals surface area contributed by atoms with Gasteiger partial charge in [-0.05, 0) is 71.3 Å². The van der Waals surface area contributed by atoms with Crippen LogP contribution in [0.1, 0.15) is 85.3 Å². The molecule has 0 aromatic heterocycles. The fourth-order valence-electron chi connectivity index (χ4n) is 6.45. The summed E-state index contributed by atoms with van der Waals surface area (Å²) < 4.78 is 0. The van der Waals surface area contributed by atoms with Gasteiger partial charge in [0.25, 0.3) is 0 Å². The lowest BCUT2D eigenvalue weighted by Crippen LogP contribution is -2.26. The van der Waals surface area contributed by atoms with Gasteiger partial charge in [-0.1, -0.05) is 127 Å². The van der Waals surface area contributed by atoms with E-state index >= 15 is 0 Å². The van der Waals surface area contributed by atoms with Crippen LogP contribution < -0.4 is 5.32 Å². The molecule has 1 saturated carbocycles. The lowest BCUT2D eigenvalue weighted by Gasteiger charge is -2.34. The molecule has 0 amide bonds. The molecular formula is C36H47N. The monoisotopic (exact) mass is 493 g/mol. The summed E-state index contributed by atoms with van der Waals surface area (Å²) in [5.74, 6) is 1.88. The van der Waals surface area contributed by atoms with E-state index in [2.05, 4.69) is 139 Å². The first-order valence-electron chi connectivity index (χ1n) is 14.3. The van der Waals surface area contributed by atoms with Crippen LogP contribution in [-0.2, 0) is 5.41 Å². The Kier molecular flexibility index (Phi) is 8.32. The maximum absolute atomic E-state index is 3.92. The molecular weight excluding hydrogens is 446 g/mol. The van der Waals surface area contributed by atoms with Gasteiger partial charge in [0.2, 0.25) is 0 Å². The average molecular weight is 494 g/mol. The van der Waals surface area contributed by atoms with Gasteiger partial charge in [-0.2, -0.15) is 0 Å². The minimum Gasteiger partial charge on any atom is -0.355 e. The molecule has 0 heterocycles. The van der Waals surface area contributed by atoms with Gasteiger partial charge in [0, 0.05) is 22.9 Å². The van der Waals surface area contributed by atoms with Gasteiger partial charge in [-0.3, -0.25) is 0 Å². The lowest BCUT2D eigenvalue weighted by atomic mass is 9.72. The number of allylic oxidation sites excluding steroid dienone is 8. The third kappa shape index (κ3) is 6.56. The molecule has 0 spiro atoms. The standard InChI is InChI=1S/C36H47N/c1-26-20-21-27(2)25-36(7,24-26)32-17-11-13-19-34(32)37-33-18-12-10-16-31(33)30-23-22-29(35(4,5)6)15-9-8-14-28(30)3/h8-19,22-23,26-27,29,37H,20-21,24-25H2,1-7H3/b14-8?,15-9?,23-22-,30-28?. The number of rotatable bonds is 4. The highest BCUT2D eigenvalue weighted by molar-refractivity contribution is 5.87. The topological polar surface area (TPSA) is 12.0 Å². The maximum Gasteiger partial charge on any atom is 0.0464 e. The quantitative estimate of drug-likeness (QED) is 0.418. The molecule has 1 fully saturated rings. The van der Waals surface area contributed by atoms with E-state index in [1.807, 2.05) is 0 Å². The van der Waals surface area contributed by atoms with Gasteiger partial charge in [-0.25, -0.2) is 0 Å². The lowest BCUT2D eigenvalue weighted by molar-refractivity contribution is 0.335. The van der Waals surface area contributed by atoms with Crippen LogP contribution in [-0.4, -0.2) is 0 Å². The van der Waals surface area contributed by atoms with E-state index in [0.717, 1.165) is 11.8 Å². The number of nitrogens with one attached hydrogen (secondary N) is 1. The molecule has 0 saturated heterocycles. The molecule has 1 nitrogen and oxygen atoms in total. The van der Waals surface area contributed by atoms with Crippen LogP contribution in [0.5, 0.6) is 0 Å². The molecule has 2 aromatic carbocycles. The molecule has 4 rings (SSSR count). The Labute approximate surface area is 226 Å². The summed E-state index contributed by atoms with van der Waals surface area (Å²) in [6.45, 7) is 16.5. The van der Waals surface area contributed by atoms with Crippen molar-refractivity contribution >= 4 is 16.9 Å². The molecule has 37 heavy (non-hydrogen) atoms. The average Bonchev–Trinajstić information content (AvgIpc) is 2.90. The van der Waals surface area contributed by atoms with Crippen molar-refractivity contribution in [3.8, 4) is 0 Å². The molecule has 2 aromatic rings. The molecule has 196 valence electrons. The van der Waals surface area contributed by atoms with Gasteiger partial charge >= 0.3 is 0 Å². The summed E-state index contributed by atoms with van der Waals surface area (Å²) in [5.41, 5.74) is 8.01. The van der Waals surface area contributed by atoms with E-state index in [9.17, 15) is 0 Å². The summed E-state index contributed by atoms with van der Waals surface area (Å²) in [6, 6.07) is 17.8. The molecule has 1 N–H and O–H groups in total. The van der Waals surface area contributed by atoms with Gasteiger partial charge < -0.3 is 5.32 Å². The maximum atomic E-state index is 3.92. The highest BCUT2D eigenvalue weighted by Crippen LogP contribution is 2.45. The molecule has 0 bridgehead atoms. The van der Waals surface area contributed by atoms with Crippen molar-refractivity contribution in [3.63, 3.8) is 0 Å². The molecule has 3 atom stereocenters. The van der Waals surface area contributed by atoms with Crippen LogP contribution in [0.25, 0.3) is 5.57 Å². The number of hydrogen-bond donors (Lipinski definition) is 1. The molecule has 2 aliphatic carbocycles. The predicted octanol–water partition coefficient (Wildman–Crippen LogP) is 10.7. The zero-order valence-electron chi connectivity index (χ0n) is 24.1. The van der Waals surface area contributed by atoms with E-state index in [0.29, 0.717) is 5.92 Å². The fraction of sp³-hybridized carbons (Fsp3) is 0.444. The van der Waals surface area contributed by atoms with Crippen LogP contribution in [0.2, 0.25) is 0 Å². The Morgan fingerprint density at radius 1 is 0.784 bits per heavy atom. The van der Waals surface area contributed by atoms with Crippen LogP contribution in [0.4, 0.5) is 11.4 Å². The summed E-state index contributed by atoms with van der Waals surface area (Å²) >= 11 is 0. The zero-order chi connectivity index (χ0) is 26.6. The smallest absolute Gasteiger partial charge is 0.0464 e. The predicted molar refractivity (Wildman–Crippen MR) is 163 cm³/mol. The van der Waals surface area contributed by atoms with Crippen molar-refractivity contribution in [2.45, 2.75) is 79.6 Å². The Bertz CT molecular complexity index is 1190. The molecule has 3 unspecified atom stereocenters. The molecule has 0 radical (unpaired) electrons. The minimum atomic E-state index is 0.170. The van der Waals surface area contributed by atoms with Crippen LogP contribution in [0, 0.1) is 23.2 Å². The van der Waals surface area contributed by atoms with Crippen LogP contribution in [0.3, 0.4) is 0 Å². The second-order valence-corrected chi connectivity index (χ2v) is 13.1. The number of hydrogen-bond acceptors (Lipinski definition) is 1. The summed E-state index contributed by atoms with van der Waals surface area (Å²) in [7, 11) is 0. The van der Waals surface area contributed by atoms with Crippen molar-refractivity contribution in [2.75, 3.05) is 5.32 Å². The van der Waals surface area contributed by atoms with Gasteiger partial charge in [0.1, 0.15) is 0 Å². The van der Waals surface area contributed by atoms with Crippen LogP contribution in [0.15, 0.2) is 90.6 Å². The Balaban J connectivity index is 1.75. The third-order valence-electron chi connectivity index (χ3n) is 8.48. The van der Waals surface area contributed by atoms with Crippen molar-refractivity contribution in [3.05, 3.63) is 102 Å². The summed E-state index contributed by atoms with van der Waals surface area (Å²) in [6.07, 6.45) is 18.8. The number of para-hydroxylation sites is 2. The second-order valence-electron chi connectivity index (χ2n) is 13.1. The van der Waals surface area contributed by atoms with E-state index in [-0.39, 0.29) is 10.8 Å². The van der Waals surface area contributed by atoms with E-state index in [1.54, 1.807) is 0 Å². The number of benzene rings is 2. The normalized spacial score (nSPS) is 27.7. The van der Waals surface area contributed by atoms with E-state index < -0.39 is 0 Å². The van der Waals surface area contributed by atoms with Crippen molar-refractivity contribution < 1.29 is 0 Å². The summed E-state index contributed by atoms with van der Waals surface area (Å²) in [5, 5.41) is 3.92. The third-order valence-corrected chi connectivity index (χ3v) is 8.48. The minimum absolute atomic E-state index is 0.170. The van der Waals surface area contributed by atoms with Gasteiger partial charge in [0.05, 0.1) is 0 Å². The van der Waals surface area contributed by atoms with E-state index in [1.165, 1.54) is 59.3 Å². The highest BCUT2D eigenvalue weighted by Gasteiger charge is 2.35. The fourth-order valence-corrected chi connectivity index (χ4v) is 6.45. The number of anilines is 2. The second kappa shape index (κ2) is 11.3. The van der Waals surface area contributed by atoms with Crippen molar-refractivity contribution in [1.29, 1.82) is 0 Å². The first kappa shape index (κ1) is 27.2. The Hall–Kier alpha value is -2.80. The Morgan fingerprint density at radius 3 is 2.08 bits per heavy atom. The molecule has 2 aliphatic rings. The first-order valence-corrected chi connectivity index (χ1v) is 14.3. The van der Waals surface area contributed by atoms with Crippen LogP contribution >= 0.6 is 0 Å². The van der Waals surface area contributed by atoms with E-state index in [4.69, 9.17) is 0 Å². The largest absolute Gasteiger partial charge is 0.355 e.